The first-order valence-corrected chi connectivity index (χ1v) is 8.44. The minimum absolute atomic E-state index is 0.0578. The zero-order valence-corrected chi connectivity index (χ0v) is 13.9. The summed E-state index contributed by atoms with van der Waals surface area (Å²) in [5.74, 6) is 0.137. The number of carbonyl (C=O) groups is 2. The number of carbonyl (C=O) groups excluding carboxylic acids is 2. The highest BCUT2D eigenvalue weighted by molar-refractivity contribution is 5.90. The molecule has 5 heteroatoms. The lowest BCUT2D eigenvalue weighted by Crippen LogP contribution is -2.47. The average Bonchev–Trinajstić information content (AvgIpc) is 3.38. The molecule has 2 aliphatic rings. The summed E-state index contributed by atoms with van der Waals surface area (Å²) in [6.07, 6.45) is 4.00. The number of anilines is 1. The third kappa shape index (κ3) is 3.84. The molecule has 1 aliphatic carbocycles. The topological polar surface area (TPSA) is 52.7 Å². The van der Waals surface area contributed by atoms with Crippen LogP contribution in [-0.4, -0.2) is 47.9 Å². The highest BCUT2D eigenvalue weighted by Gasteiger charge is 2.35. The Hall–Kier alpha value is -2.04. The quantitative estimate of drug-likeness (QED) is 0.932. The summed E-state index contributed by atoms with van der Waals surface area (Å²) in [6, 6.07) is 8.09. The van der Waals surface area contributed by atoms with E-state index in [1.165, 1.54) is 0 Å². The Morgan fingerprint density at radius 2 is 2.04 bits per heavy atom. The molecule has 0 aromatic heterocycles. The lowest BCUT2D eigenvalue weighted by molar-refractivity contribution is -0.136. The highest BCUT2D eigenvalue weighted by atomic mass is 16.2. The molecule has 0 spiro atoms. The van der Waals surface area contributed by atoms with Gasteiger partial charge < -0.3 is 15.1 Å². The van der Waals surface area contributed by atoms with Gasteiger partial charge in [-0.3, -0.25) is 4.79 Å². The zero-order chi connectivity index (χ0) is 16.4. The molecule has 1 saturated carbocycles. The predicted molar refractivity (Wildman–Crippen MR) is 90.3 cm³/mol. The number of aryl methyl sites for hydroxylation is 1. The van der Waals surface area contributed by atoms with Crippen LogP contribution in [-0.2, 0) is 4.79 Å². The summed E-state index contributed by atoms with van der Waals surface area (Å²) < 4.78 is 0. The molecule has 23 heavy (non-hydrogen) atoms. The summed E-state index contributed by atoms with van der Waals surface area (Å²) >= 11 is 0. The fourth-order valence-corrected chi connectivity index (χ4v) is 3.22. The second-order valence-corrected chi connectivity index (χ2v) is 6.77. The van der Waals surface area contributed by atoms with Crippen molar-refractivity contribution >= 4 is 17.6 Å². The molecule has 3 rings (SSSR count). The van der Waals surface area contributed by atoms with Crippen LogP contribution < -0.4 is 5.32 Å². The van der Waals surface area contributed by atoms with Crippen LogP contribution in [0.4, 0.5) is 10.5 Å². The smallest absolute Gasteiger partial charge is 0.321 e. The molecule has 2 fully saturated rings. The molecular formula is C18H25N3O2. The van der Waals surface area contributed by atoms with Gasteiger partial charge in [0.2, 0.25) is 5.91 Å². The van der Waals surface area contributed by atoms with E-state index < -0.39 is 0 Å². The molecule has 124 valence electrons. The van der Waals surface area contributed by atoms with E-state index in [0.29, 0.717) is 19.1 Å². The van der Waals surface area contributed by atoms with E-state index in [2.05, 4.69) is 5.32 Å². The number of piperidine rings is 1. The van der Waals surface area contributed by atoms with Crippen molar-refractivity contribution in [1.82, 2.24) is 9.80 Å². The maximum Gasteiger partial charge on any atom is 0.321 e. The Kier molecular flexibility index (Phi) is 4.55. The van der Waals surface area contributed by atoms with E-state index in [1.807, 2.05) is 43.1 Å². The molecule has 1 atom stereocenters. The molecule has 1 N–H and O–H groups in total. The van der Waals surface area contributed by atoms with Crippen molar-refractivity contribution in [1.29, 1.82) is 0 Å². The summed E-state index contributed by atoms with van der Waals surface area (Å²) in [4.78, 5) is 28.6. The average molecular weight is 315 g/mol. The van der Waals surface area contributed by atoms with Crippen molar-refractivity contribution in [3.05, 3.63) is 29.8 Å². The Bertz CT molecular complexity index is 598. The lowest BCUT2D eigenvalue weighted by atomic mass is 9.97. The van der Waals surface area contributed by atoms with Gasteiger partial charge in [0.05, 0.1) is 5.92 Å². The molecule has 1 aromatic rings. The first-order chi connectivity index (χ1) is 11.0. The largest absolute Gasteiger partial charge is 0.342 e. The summed E-state index contributed by atoms with van der Waals surface area (Å²) in [6.45, 7) is 3.24. The summed E-state index contributed by atoms with van der Waals surface area (Å²) in [5, 5.41) is 2.94. The maximum absolute atomic E-state index is 12.5. The second-order valence-electron chi connectivity index (χ2n) is 6.77. The zero-order valence-electron chi connectivity index (χ0n) is 13.9. The first kappa shape index (κ1) is 15.8. The van der Waals surface area contributed by atoms with Gasteiger partial charge in [0.1, 0.15) is 0 Å². The van der Waals surface area contributed by atoms with Gasteiger partial charge in [-0.1, -0.05) is 12.1 Å². The normalized spacial score (nSPS) is 21.0. The van der Waals surface area contributed by atoms with Crippen molar-refractivity contribution in [3.8, 4) is 0 Å². The number of benzene rings is 1. The summed E-state index contributed by atoms with van der Waals surface area (Å²) in [7, 11) is 1.89. The third-order valence-electron chi connectivity index (χ3n) is 4.77. The number of amides is 3. The minimum Gasteiger partial charge on any atom is -0.342 e. The Morgan fingerprint density at radius 3 is 2.74 bits per heavy atom. The number of nitrogens with one attached hydrogen (secondary N) is 1. The van der Waals surface area contributed by atoms with E-state index in [4.69, 9.17) is 0 Å². The molecule has 1 aliphatic heterocycles. The fourth-order valence-electron chi connectivity index (χ4n) is 3.22. The summed E-state index contributed by atoms with van der Waals surface area (Å²) in [5.41, 5.74) is 1.92. The van der Waals surface area contributed by atoms with E-state index in [-0.39, 0.29) is 17.9 Å². The standard InChI is InChI=1S/C18H25N3O2/c1-13-5-3-7-15(11-13)19-18(23)21-10-4-6-14(12-21)17(22)20(2)16-8-9-16/h3,5,7,11,14,16H,4,6,8-10,12H2,1-2H3,(H,19,23)/t14-/m0/s1. The molecule has 1 heterocycles. The molecule has 0 bridgehead atoms. The number of nitrogens with zero attached hydrogens (tertiary/aromatic N) is 2. The minimum atomic E-state index is -0.109. The van der Waals surface area contributed by atoms with Crippen molar-refractivity contribution in [2.24, 2.45) is 5.92 Å². The van der Waals surface area contributed by atoms with Gasteiger partial charge in [-0.05, 0) is 50.3 Å². The van der Waals surface area contributed by atoms with Gasteiger partial charge in [0.25, 0.3) is 0 Å². The molecule has 3 amide bonds. The molecule has 0 radical (unpaired) electrons. The van der Waals surface area contributed by atoms with Crippen molar-refractivity contribution in [2.75, 3.05) is 25.5 Å². The van der Waals surface area contributed by atoms with Crippen LogP contribution in [0.2, 0.25) is 0 Å². The number of rotatable bonds is 3. The van der Waals surface area contributed by atoms with Gasteiger partial charge in [0, 0.05) is 31.9 Å². The SMILES string of the molecule is Cc1cccc(NC(=O)N2CCC[C@H](C(=O)N(C)C3CC3)C2)c1. The van der Waals surface area contributed by atoms with Crippen LogP contribution >= 0.6 is 0 Å². The van der Waals surface area contributed by atoms with Crippen LogP contribution in [0.3, 0.4) is 0 Å². The maximum atomic E-state index is 12.5. The lowest BCUT2D eigenvalue weighted by Gasteiger charge is -2.34. The van der Waals surface area contributed by atoms with Gasteiger partial charge in [-0.15, -0.1) is 0 Å². The number of urea groups is 1. The molecule has 1 aromatic carbocycles. The van der Waals surface area contributed by atoms with E-state index in [0.717, 1.165) is 36.9 Å². The molecule has 1 saturated heterocycles. The van der Waals surface area contributed by atoms with Crippen LogP contribution in [0.5, 0.6) is 0 Å². The van der Waals surface area contributed by atoms with Crippen molar-refractivity contribution in [3.63, 3.8) is 0 Å². The van der Waals surface area contributed by atoms with E-state index in [9.17, 15) is 9.59 Å². The highest BCUT2D eigenvalue weighted by Crippen LogP contribution is 2.28. The Balaban J connectivity index is 1.59. The van der Waals surface area contributed by atoms with Gasteiger partial charge >= 0.3 is 6.03 Å². The van der Waals surface area contributed by atoms with Crippen molar-refractivity contribution in [2.45, 2.75) is 38.6 Å². The van der Waals surface area contributed by atoms with Crippen LogP contribution in [0.25, 0.3) is 0 Å². The Labute approximate surface area is 137 Å². The first-order valence-electron chi connectivity index (χ1n) is 8.44. The fraction of sp³-hybridized carbons (Fsp3) is 0.556. The van der Waals surface area contributed by atoms with Crippen molar-refractivity contribution < 1.29 is 9.59 Å². The number of hydrogen-bond donors (Lipinski definition) is 1. The molecule has 0 unspecified atom stereocenters. The second kappa shape index (κ2) is 6.60. The molecular weight excluding hydrogens is 290 g/mol. The third-order valence-corrected chi connectivity index (χ3v) is 4.77. The number of hydrogen-bond acceptors (Lipinski definition) is 2. The van der Waals surface area contributed by atoms with E-state index in [1.54, 1.807) is 4.90 Å². The predicted octanol–water partition coefficient (Wildman–Crippen LogP) is 2.86. The van der Waals surface area contributed by atoms with Crippen LogP contribution in [0.1, 0.15) is 31.2 Å². The van der Waals surface area contributed by atoms with Gasteiger partial charge in [-0.2, -0.15) is 0 Å². The van der Waals surface area contributed by atoms with Gasteiger partial charge in [0.15, 0.2) is 0 Å². The number of likely N-dealkylation sites (tertiary alicyclic amines) is 1. The van der Waals surface area contributed by atoms with E-state index >= 15 is 0 Å². The van der Waals surface area contributed by atoms with Crippen LogP contribution in [0.15, 0.2) is 24.3 Å². The monoisotopic (exact) mass is 315 g/mol. The van der Waals surface area contributed by atoms with Gasteiger partial charge in [-0.25, -0.2) is 4.79 Å². The Morgan fingerprint density at radius 1 is 1.26 bits per heavy atom. The van der Waals surface area contributed by atoms with Crippen LogP contribution in [0, 0.1) is 12.8 Å². The molecule has 5 nitrogen and oxygen atoms in total.